The Morgan fingerprint density at radius 3 is 2.71 bits per heavy atom. The molecule has 1 saturated heterocycles. The molecule has 1 aromatic heterocycles. The van der Waals surface area contributed by atoms with Gasteiger partial charge in [0.1, 0.15) is 0 Å². The molecule has 0 bridgehead atoms. The predicted octanol–water partition coefficient (Wildman–Crippen LogP) is 0.765. The number of carbonyl (C=O) groups is 1. The van der Waals surface area contributed by atoms with Crippen molar-refractivity contribution in [1.82, 2.24) is 14.6 Å². The first-order chi connectivity index (χ1) is 9.93. The van der Waals surface area contributed by atoms with Crippen molar-refractivity contribution in [3.8, 4) is 0 Å². The maximum Gasteiger partial charge on any atom is 0.256 e. The second kappa shape index (κ2) is 6.48. The van der Waals surface area contributed by atoms with E-state index >= 15 is 0 Å². The number of halogens is 1. The Kier molecular flexibility index (Phi) is 4.89. The summed E-state index contributed by atoms with van der Waals surface area (Å²) in [7, 11) is -3.24. The lowest BCUT2D eigenvalue weighted by atomic mass is 10.1. The van der Waals surface area contributed by atoms with Crippen LogP contribution >= 0.6 is 0 Å². The molecule has 21 heavy (non-hydrogen) atoms. The zero-order valence-corrected chi connectivity index (χ0v) is 12.6. The van der Waals surface area contributed by atoms with E-state index < -0.39 is 15.8 Å². The lowest BCUT2D eigenvalue weighted by Gasteiger charge is -2.32. The van der Waals surface area contributed by atoms with Gasteiger partial charge in [0.05, 0.1) is 17.5 Å². The number of piperidine rings is 1. The van der Waals surface area contributed by atoms with E-state index in [0.717, 1.165) is 6.20 Å². The molecule has 0 spiro atoms. The average Bonchev–Trinajstić information content (AvgIpc) is 2.47. The van der Waals surface area contributed by atoms with Gasteiger partial charge in [-0.15, -0.1) is 0 Å². The Hall–Kier alpha value is -1.54. The summed E-state index contributed by atoms with van der Waals surface area (Å²) in [6.07, 6.45) is 3.43. The molecule has 1 aromatic rings. The average molecular weight is 315 g/mol. The van der Waals surface area contributed by atoms with Crippen molar-refractivity contribution in [2.75, 3.05) is 18.8 Å². The fraction of sp³-hybridized carbons (Fsp3) is 0.538. The van der Waals surface area contributed by atoms with Gasteiger partial charge in [0, 0.05) is 25.3 Å². The fourth-order valence-corrected chi connectivity index (χ4v) is 3.17. The highest BCUT2D eigenvalue weighted by Gasteiger charge is 2.27. The summed E-state index contributed by atoms with van der Waals surface area (Å²) >= 11 is 0. The SMILES string of the molecule is CCS(=O)(=O)NC1CCN(C(=O)c2ccncc2F)CC1. The summed E-state index contributed by atoms with van der Waals surface area (Å²) < 4.78 is 39.1. The van der Waals surface area contributed by atoms with E-state index in [2.05, 4.69) is 9.71 Å². The number of rotatable bonds is 4. The first kappa shape index (κ1) is 15.8. The third-order valence-electron chi connectivity index (χ3n) is 3.51. The maximum absolute atomic E-state index is 13.5. The Balaban J connectivity index is 1.95. The van der Waals surface area contributed by atoms with Crippen molar-refractivity contribution < 1.29 is 17.6 Å². The van der Waals surface area contributed by atoms with Crippen LogP contribution in [0.4, 0.5) is 4.39 Å². The quantitative estimate of drug-likeness (QED) is 0.890. The Labute approximate surface area is 123 Å². The van der Waals surface area contributed by atoms with Gasteiger partial charge in [0.2, 0.25) is 10.0 Å². The van der Waals surface area contributed by atoms with Crippen LogP contribution in [0.5, 0.6) is 0 Å². The number of aromatic nitrogens is 1. The number of carbonyl (C=O) groups excluding carboxylic acids is 1. The molecule has 0 atom stereocenters. The minimum atomic E-state index is -3.24. The number of sulfonamides is 1. The second-order valence-electron chi connectivity index (χ2n) is 4.94. The first-order valence-electron chi connectivity index (χ1n) is 6.81. The normalized spacial score (nSPS) is 17.0. The molecule has 0 aromatic carbocycles. The lowest BCUT2D eigenvalue weighted by Crippen LogP contribution is -2.47. The number of nitrogens with one attached hydrogen (secondary N) is 1. The van der Waals surface area contributed by atoms with Crippen LogP contribution in [-0.4, -0.2) is 49.1 Å². The number of pyridine rings is 1. The Bertz CT molecular complexity index is 613. The molecule has 0 saturated carbocycles. The zero-order valence-electron chi connectivity index (χ0n) is 11.8. The van der Waals surface area contributed by atoms with Gasteiger partial charge < -0.3 is 4.90 Å². The van der Waals surface area contributed by atoms with Crippen molar-refractivity contribution in [2.45, 2.75) is 25.8 Å². The van der Waals surface area contributed by atoms with Gasteiger partial charge in [-0.25, -0.2) is 17.5 Å². The number of nitrogens with zero attached hydrogens (tertiary/aromatic N) is 2. The van der Waals surface area contributed by atoms with E-state index in [4.69, 9.17) is 0 Å². The van der Waals surface area contributed by atoms with Gasteiger partial charge in [-0.1, -0.05) is 0 Å². The summed E-state index contributed by atoms with van der Waals surface area (Å²) in [4.78, 5) is 17.3. The summed E-state index contributed by atoms with van der Waals surface area (Å²) in [5.41, 5.74) is -0.00223. The van der Waals surface area contributed by atoms with E-state index in [9.17, 15) is 17.6 Å². The number of amides is 1. The summed E-state index contributed by atoms with van der Waals surface area (Å²) in [6, 6.07) is 1.19. The van der Waals surface area contributed by atoms with Gasteiger partial charge in [-0.05, 0) is 25.8 Å². The molecule has 0 aliphatic carbocycles. The van der Waals surface area contributed by atoms with Gasteiger partial charge in [-0.2, -0.15) is 0 Å². The zero-order chi connectivity index (χ0) is 15.5. The van der Waals surface area contributed by atoms with Crippen molar-refractivity contribution in [3.05, 3.63) is 29.8 Å². The molecule has 6 nitrogen and oxygen atoms in total. The highest BCUT2D eigenvalue weighted by Crippen LogP contribution is 2.16. The maximum atomic E-state index is 13.5. The number of hydrogen-bond acceptors (Lipinski definition) is 4. The topological polar surface area (TPSA) is 79.4 Å². The van der Waals surface area contributed by atoms with Crippen LogP contribution in [0.15, 0.2) is 18.5 Å². The largest absolute Gasteiger partial charge is 0.338 e. The third-order valence-corrected chi connectivity index (χ3v) is 4.96. The molecule has 0 unspecified atom stereocenters. The summed E-state index contributed by atoms with van der Waals surface area (Å²) in [6.45, 7) is 2.38. The van der Waals surface area contributed by atoms with Crippen molar-refractivity contribution in [1.29, 1.82) is 0 Å². The van der Waals surface area contributed by atoms with Crippen LogP contribution in [0.1, 0.15) is 30.1 Å². The van der Waals surface area contributed by atoms with Crippen LogP contribution in [0.25, 0.3) is 0 Å². The second-order valence-corrected chi connectivity index (χ2v) is 6.99. The minimum absolute atomic E-state index is 0.00223. The summed E-state index contributed by atoms with van der Waals surface area (Å²) in [5.74, 6) is -0.989. The molecular formula is C13H18FN3O3S. The predicted molar refractivity (Wildman–Crippen MR) is 75.7 cm³/mol. The van der Waals surface area contributed by atoms with Crippen LogP contribution in [0, 0.1) is 5.82 Å². The fourth-order valence-electron chi connectivity index (χ4n) is 2.26. The van der Waals surface area contributed by atoms with Gasteiger partial charge in [0.15, 0.2) is 5.82 Å². The Morgan fingerprint density at radius 2 is 2.14 bits per heavy atom. The molecule has 0 radical (unpaired) electrons. The Morgan fingerprint density at radius 1 is 1.48 bits per heavy atom. The number of likely N-dealkylation sites (tertiary alicyclic amines) is 1. The van der Waals surface area contributed by atoms with Crippen molar-refractivity contribution in [2.24, 2.45) is 0 Å². The molecule has 2 rings (SSSR count). The molecule has 1 amide bonds. The van der Waals surface area contributed by atoms with Crippen molar-refractivity contribution >= 4 is 15.9 Å². The first-order valence-corrected chi connectivity index (χ1v) is 8.47. The molecule has 116 valence electrons. The van der Waals surface area contributed by atoms with Crippen LogP contribution in [0.2, 0.25) is 0 Å². The highest BCUT2D eigenvalue weighted by atomic mass is 32.2. The molecule has 1 aliphatic rings. The summed E-state index contributed by atoms with van der Waals surface area (Å²) in [5, 5.41) is 0. The number of hydrogen-bond donors (Lipinski definition) is 1. The van der Waals surface area contributed by atoms with E-state index in [1.807, 2.05) is 0 Å². The minimum Gasteiger partial charge on any atom is -0.338 e. The van der Waals surface area contributed by atoms with Crippen LogP contribution in [-0.2, 0) is 10.0 Å². The molecule has 1 fully saturated rings. The van der Waals surface area contributed by atoms with E-state index in [1.165, 1.54) is 17.2 Å². The lowest BCUT2D eigenvalue weighted by molar-refractivity contribution is 0.0706. The van der Waals surface area contributed by atoms with Crippen LogP contribution < -0.4 is 4.72 Å². The van der Waals surface area contributed by atoms with Crippen molar-refractivity contribution in [3.63, 3.8) is 0 Å². The third kappa shape index (κ3) is 3.98. The van der Waals surface area contributed by atoms with Gasteiger partial charge in [0.25, 0.3) is 5.91 Å². The van der Waals surface area contributed by atoms with E-state index in [-0.39, 0.29) is 23.3 Å². The van der Waals surface area contributed by atoms with E-state index in [1.54, 1.807) is 6.92 Å². The monoisotopic (exact) mass is 315 g/mol. The highest BCUT2D eigenvalue weighted by molar-refractivity contribution is 7.89. The molecular weight excluding hydrogens is 297 g/mol. The van der Waals surface area contributed by atoms with Crippen LogP contribution in [0.3, 0.4) is 0 Å². The van der Waals surface area contributed by atoms with E-state index in [0.29, 0.717) is 25.9 Å². The smallest absolute Gasteiger partial charge is 0.256 e. The van der Waals surface area contributed by atoms with Gasteiger partial charge >= 0.3 is 0 Å². The standard InChI is InChI=1S/C13H18FN3O3S/c1-2-21(19,20)16-10-4-7-17(8-5-10)13(18)11-3-6-15-9-12(11)14/h3,6,9-10,16H,2,4-5,7-8H2,1H3. The molecule has 2 heterocycles. The molecule has 8 heteroatoms. The molecule has 1 N–H and O–H groups in total. The molecule has 1 aliphatic heterocycles. The van der Waals surface area contributed by atoms with Gasteiger partial charge in [-0.3, -0.25) is 9.78 Å².